The van der Waals surface area contributed by atoms with Crippen LogP contribution in [-0.2, 0) is 14.1 Å². The van der Waals surface area contributed by atoms with Crippen LogP contribution in [0.25, 0.3) is 45.4 Å². The molecular weight excluding hydrogens is 638 g/mol. The number of nitrogen functional groups attached to an aromatic ring is 1. The van der Waals surface area contributed by atoms with E-state index in [0.717, 1.165) is 24.4 Å². The number of nitrogens with two attached hydrogens (primary N) is 1. The maximum Gasteiger partial charge on any atom is 0.417 e. The summed E-state index contributed by atoms with van der Waals surface area (Å²) >= 11 is 0. The van der Waals surface area contributed by atoms with Crippen LogP contribution in [0.3, 0.4) is 0 Å². The van der Waals surface area contributed by atoms with Crippen molar-refractivity contribution in [3.8, 4) is 0 Å². The third-order valence-corrected chi connectivity index (χ3v) is 7.26. The molecule has 48 heavy (non-hydrogen) atoms. The number of fused-ring (bicyclic) bond motifs is 2. The molecule has 14 heteroatoms. The zero-order chi connectivity index (χ0) is 34.8. The molecular formula is C34H26F6N6O2. The number of allylic oxidation sites excluding steroid dienone is 2. The van der Waals surface area contributed by atoms with Crippen molar-refractivity contribution in [2.45, 2.75) is 12.4 Å². The summed E-state index contributed by atoms with van der Waals surface area (Å²) in [6.45, 7) is 0. The van der Waals surface area contributed by atoms with Gasteiger partial charge in [-0.3, -0.25) is 10.1 Å². The second kappa shape index (κ2) is 13.1. The molecule has 0 fully saturated rings. The minimum atomic E-state index is -4.63. The van der Waals surface area contributed by atoms with Crippen molar-refractivity contribution < 1.29 is 31.3 Å². The number of alkyl halides is 6. The van der Waals surface area contributed by atoms with Crippen LogP contribution in [0.2, 0.25) is 0 Å². The molecule has 8 nitrogen and oxygen atoms in total. The third-order valence-electron chi connectivity index (χ3n) is 7.26. The number of anilines is 1. The Labute approximate surface area is 269 Å². The molecule has 0 radical (unpaired) electrons. The highest BCUT2D eigenvalue weighted by atomic mass is 19.4. The van der Waals surface area contributed by atoms with E-state index in [4.69, 9.17) is 5.73 Å². The van der Waals surface area contributed by atoms with Crippen molar-refractivity contribution in [3.63, 3.8) is 0 Å². The first-order chi connectivity index (χ1) is 22.6. The van der Waals surface area contributed by atoms with E-state index in [-0.39, 0.29) is 27.8 Å². The van der Waals surface area contributed by atoms with E-state index in [1.807, 2.05) is 0 Å². The van der Waals surface area contributed by atoms with E-state index >= 15 is 0 Å². The van der Waals surface area contributed by atoms with E-state index in [0.29, 0.717) is 27.8 Å². The molecule has 0 spiro atoms. The molecule has 2 N–H and O–H groups in total. The van der Waals surface area contributed by atoms with Gasteiger partial charge in [0.25, 0.3) is 5.69 Å². The molecule has 0 aliphatic rings. The molecule has 0 bridgehead atoms. The average Bonchev–Trinajstić information content (AvgIpc) is 3.53. The molecule has 0 unspecified atom stereocenters. The van der Waals surface area contributed by atoms with Gasteiger partial charge in [0.15, 0.2) is 0 Å². The quantitative estimate of drug-likeness (QED) is 0.113. The summed E-state index contributed by atoms with van der Waals surface area (Å²) in [5, 5.41) is 11.4. The minimum Gasteiger partial charge on any atom is -0.397 e. The number of nitrogens with zero attached hydrogens (tertiary/aromatic N) is 5. The van der Waals surface area contributed by atoms with Gasteiger partial charge in [-0.15, -0.1) is 0 Å². The van der Waals surface area contributed by atoms with Crippen molar-refractivity contribution in [2.75, 3.05) is 5.73 Å². The SMILES string of the molecule is Cn1cc(C(=Cc2ccccc2)C(F)(F)F)c2cc(N)cnc21.Cn1cc(C(=Cc2ccccc2)C(F)(F)F)c2cc([N+](=O)[O-])cnc21. The van der Waals surface area contributed by atoms with Gasteiger partial charge in [-0.1, -0.05) is 60.7 Å². The van der Waals surface area contributed by atoms with Gasteiger partial charge in [0.1, 0.15) is 17.5 Å². The van der Waals surface area contributed by atoms with E-state index in [9.17, 15) is 36.5 Å². The first-order valence-corrected chi connectivity index (χ1v) is 14.1. The van der Waals surface area contributed by atoms with Crippen molar-refractivity contribution in [2.24, 2.45) is 14.1 Å². The number of rotatable bonds is 5. The predicted octanol–water partition coefficient (Wildman–Crippen LogP) is 8.84. The molecule has 0 saturated heterocycles. The van der Waals surface area contributed by atoms with Crippen LogP contribution in [0.4, 0.5) is 37.7 Å². The van der Waals surface area contributed by atoms with Gasteiger partial charge in [-0.05, 0) is 29.3 Å². The van der Waals surface area contributed by atoms with Crippen LogP contribution >= 0.6 is 0 Å². The van der Waals surface area contributed by atoms with E-state index < -0.39 is 28.4 Å². The first kappa shape index (κ1) is 33.4. The lowest BCUT2D eigenvalue weighted by atomic mass is 10.0. The fourth-order valence-corrected chi connectivity index (χ4v) is 5.11. The molecule has 0 aliphatic carbocycles. The summed E-state index contributed by atoms with van der Waals surface area (Å²) in [7, 11) is 3.20. The minimum absolute atomic E-state index is 0.0682. The van der Waals surface area contributed by atoms with Gasteiger partial charge in [-0.25, -0.2) is 9.97 Å². The molecule has 246 valence electrons. The summed E-state index contributed by atoms with van der Waals surface area (Å²) in [6.07, 6.45) is -1.79. The molecule has 0 saturated carbocycles. The molecule has 0 atom stereocenters. The largest absolute Gasteiger partial charge is 0.417 e. The number of aromatic nitrogens is 4. The van der Waals surface area contributed by atoms with Crippen LogP contribution in [-0.4, -0.2) is 36.4 Å². The number of pyridine rings is 2. The van der Waals surface area contributed by atoms with E-state index in [2.05, 4.69) is 9.97 Å². The van der Waals surface area contributed by atoms with E-state index in [1.54, 1.807) is 79.3 Å². The number of hydrogen-bond donors (Lipinski definition) is 1. The molecule has 6 rings (SSSR count). The maximum atomic E-state index is 13.7. The number of nitro groups is 1. The Morgan fingerprint density at radius 2 is 1.15 bits per heavy atom. The highest BCUT2D eigenvalue weighted by Crippen LogP contribution is 2.41. The lowest BCUT2D eigenvalue weighted by molar-refractivity contribution is -0.385. The smallest absolute Gasteiger partial charge is 0.397 e. The zero-order valence-electron chi connectivity index (χ0n) is 25.3. The van der Waals surface area contributed by atoms with Crippen LogP contribution < -0.4 is 5.73 Å². The predicted molar refractivity (Wildman–Crippen MR) is 173 cm³/mol. The Bertz CT molecular complexity index is 2170. The summed E-state index contributed by atoms with van der Waals surface area (Å²) in [4.78, 5) is 18.3. The number of hydrogen-bond acceptors (Lipinski definition) is 5. The first-order valence-electron chi connectivity index (χ1n) is 14.1. The Hall–Kier alpha value is -5.92. The normalized spacial score (nSPS) is 12.7. The Morgan fingerprint density at radius 1 is 0.729 bits per heavy atom. The molecule has 4 heterocycles. The average molecular weight is 665 g/mol. The summed E-state index contributed by atoms with van der Waals surface area (Å²) in [5.41, 5.74) is 5.53. The number of benzene rings is 2. The summed E-state index contributed by atoms with van der Waals surface area (Å²) in [6, 6.07) is 19.1. The van der Waals surface area contributed by atoms with Crippen molar-refractivity contribution in [3.05, 3.63) is 130 Å². The number of aryl methyl sites for hydroxylation is 2. The van der Waals surface area contributed by atoms with Crippen molar-refractivity contribution >= 4 is 56.7 Å². The van der Waals surface area contributed by atoms with Crippen LogP contribution in [0.5, 0.6) is 0 Å². The van der Waals surface area contributed by atoms with Crippen molar-refractivity contribution in [1.29, 1.82) is 0 Å². The van der Waals surface area contributed by atoms with Gasteiger partial charge < -0.3 is 14.9 Å². The van der Waals surface area contributed by atoms with Gasteiger partial charge in [0, 0.05) is 54.5 Å². The highest BCUT2D eigenvalue weighted by molar-refractivity contribution is 5.99. The highest BCUT2D eigenvalue weighted by Gasteiger charge is 2.37. The summed E-state index contributed by atoms with van der Waals surface area (Å²) < 4.78 is 84.7. The Kier molecular flexibility index (Phi) is 9.10. The van der Waals surface area contributed by atoms with Crippen LogP contribution in [0, 0.1) is 10.1 Å². The molecule has 4 aromatic heterocycles. The molecule has 0 aliphatic heterocycles. The Morgan fingerprint density at radius 3 is 1.56 bits per heavy atom. The topological polar surface area (TPSA) is 105 Å². The van der Waals surface area contributed by atoms with E-state index in [1.165, 1.54) is 29.2 Å². The van der Waals surface area contributed by atoms with Gasteiger partial charge in [0.2, 0.25) is 0 Å². The Balaban J connectivity index is 0.000000188. The van der Waals surface area contributed by atoms with Gasteiger partial charge >= 0.3 is 12.4 Å². The fraction of sp³-hybridized carbons (Fsp3) is 0.118. The maximum absolute atomic E-state index is 13.7. The lowest BCUT2D eigenvalue weighted by Crippen LogP contribution is -2.10. The van der Waals surface area contributed by atoms with Gasteiger partial charge in [-0.2, -0.15) is 26.3 Å². The second-order valence-electron chi connectivity index (χ2n) is 10.7. The van der Waals surface area contributed by atoms with Gasteiger partial charge in [0.05, 0.1) is 28.0 Å². The molecule has 2 aromatic carbocycles. The monoisotopic (exact) mass is 664 g/mol. The molecule has 6 aromatic rings. The van der Waals surface area contributed by atoms with Crippen LogP contribution in [0.15, 0.2) is 97.6 Å². The standard InChI is InChI=1S/C17H12F3N3O2.C17H14F3N3/c1-22-10-14(13-8-12(23(24)25)9-21-16(13)22)15(17(18,19)20)7-11-5-3-2-4-6-11;1-23-10-14(13-8-12(21)9-22-16(13)23)15(17(18,19)20)7-11-5-3-2-4-6-11/h2-10H,1H3;2-10H,21H2,1H3. The molecule has 0 amide bonds. The number of halogens is 6. The zero-order valence-corrected chi connectivity index (χ0v) is 25.3. The van der Waals surface area contributed by atoms with Crippen LogP contribution in [0.1, 0.15) is 22.3 Å². The fourth-order valence-electron chi connectivity index (χ4n) is 5.11. The second-order valence-corrected chi connectivity index (χ2v) is 10.7. The summed E-state index contributed by atoms with van der Waals surface area (Å²) in [5.74, 6) is 0. The van der Waals surface area contributed by atoms with Crippen molar-refractivity contribution in [1.82, 2.24) is 19.1 Å². The third kappa shape index (κ3) is 7.22. The lowest BCUT2D eigenvalue weighted by Gasteiger charge is -2.11.